The van der Waals surface area contributed by atoms with Crippen molar-refractivity contribution in [2.45, 2.75) is 57.5 Å². The van der Waals surface area contributed by atoms with Crippen LogP contribution in [0.2, 0.25) is 0 Å². The highest BCUT2D eigenvalue weighted by Gasteiger charge is 2.67. The summed E-state index contributed by atoms with van der Waals surface area (Å²) < 4.78 is 0. The van der Waals surface area contributed by atoms with E-state index in [0.29, 0.717) is 24.7 Å². The van der Waals surface area contributed by atoms with Crippen LogP contribution >= 0.6 is 0 Å². The molecule has 0 amide bonds. The standard InChI is InChI=1S/C19H28O4/c1-17-9-15(22)6-12(10-20)16(17)3-2-13-7-14-8-18(13,17)4-5-19(14,23)11-21/h6,13-14,16,20-21,23H,2-5,7-11H2,1H3. The highest BCUT2D eigenvalue weighted by molar-refractivity contribution is 5.92. The van der Waals surface area contributed by atoms with Gasteiger partial charge < -0.3 is 15.3 Å². The van der Waals surface area contributed by atoms with Crippen molar-refractivity contribution >= 4 is 5.78 Å². The largest absolute Gasteiger partial charge is 0.393 e. The molecule has 0 radical (unpaired) electrons. The number of aliphatic hydroxyl groups is 3. The molecule has 0 aliphatic heterocycles. The van der Waals surface area contributed by atoms with Gasteiger partial charge in [0.15, 0.2) is 5.78 Å². The summed E-state index contributed by atoms with van der Waals surface area (Å²) in [4.78, 5) is 12.3. The maximum absolute atomic E-state index is 12.3. The van der Waals surface area contributed by atoms with Crippen LogP contribution in [-0.2, 0) is 4.79 Å². The van der Waals surface area contributed by atoms with E-state index in [4.69, 9.17) is 0 Å². The molecule has 1 spiro atoms. The molecule has 0 aromatic carbocycles. The molecule has 4 aliphatic rings. The first kappa shape index (κ1) is 15.8. The zero-order chi connectivity index (χ0) is 16.5. The van der Waals surface area contributed by atoms with Crippen LogP contribution in [0.25, 0.3) is 0 Å². The summed E-state index contributed by atoms with van der Waals surface area (Å²) in [6, 6.07) is 0. The fourth-order valence-electron chi connectivity index (χ4n) is 7.01. The normalized spacial score (nSPS) is 51.9. The second kappa shape index (κ2) is 4.90. The number of ketones is 1. The summed E-state index contributed by atoms with van der Waals surface area (Å²) in [6.45, 7) is 2.09. The number of carbonyl (C=O) groups is 1. The first-order chi connectivity index (χ1) is 10.9. The molecule has 3 fully saturated rings. The first-order valence-electron chi connectivity index (χ1n) is 9.06. The van der Waals surface area contributed by atoms with E-state index in [1.54, 1.807) is 6.08 Å². The van der Waals surface area contributed by atoms with Crippen LogP contribution in [0.1, 0.15) is 51.9 Å². The number of carbonyl (C=O) groups excluding carboxylic acids is 1. The molecule has 0 heterocycles. The molecular weight excluding hydrogens is 292 g/mol. The summed E-state index contributed by atoms with van der Waals surface area (Å²) >= 11 is 0. The van der Waals surface area contributed by atoms with Crippen molar-refractivity contribution in [3.63, 3.8) is 0 Å². The van der Waals surface area contributed by atoms with E-state index >= 15 is 0 Å². The van der Waals surface area contributed by atoms with Crippen LogP contribution in [-0.4, -0.2) is 39.9 Å². The minimum Gasteiger partial charge on any atom is -0.393 e. The molecule has 4 heteroatoms. The number of rotatable bonds is 2. The Morgan fingerprint density at radius 3 is 2.70 bits per heavy atom. The molecule has 3 N–H and O–H groups in total. The molecular formula is C19H28O4. The molecule has 0 aromatic heterocycles. The monoisotopic (exact) mass is 320 g/mol. The lowest BCUT2D eigenvalue weighted by atomic mass is 9.43. The smallest absolute Gasteiger partial charge is 0.156 e. The van der Waals surface area contributed by atoms with Crippen LogP contribution < -0.4 is 0 Å². The van der Waals surface area contributed by atoms with Gasteiger partial charge in [-0.3, -0.25) is 4.79 Å². The van der Waals surface area contributed by atoms with E-state index in [-0.39, 0.29) is 35.7 Å². The van der Waals surface area contributed by atoms with Crippen molar-refractivity contribution in [3.05, 3.63) is 11.6 Å². The fraction of sp³-hybridized carbons (Fsp3) is 0.842. The zero-order valence-electron chi connectivity index (χ0n) is 13.9. The predicted octanol–water partition coefficient (Wildman–Crippen LogP) is 1.82. The molecule has 6 unspecified atom stereocenters. The van der Waals surface area contributed by atoms with Crippen molar-refractivity contribution < 1.29 is 20.1 Å². The number of aliphatic hydroxyl groups excluding tert-OH is 2. The number of fused-ring (bicyclic) bond motifs is 2. The van der Waals surface area contributed by atoms with Gasteiger partial charge in [0, 0.05) is 6.42 Å². The summed E-state index contributed by atoms with van der Waals surface area (Å²) in [5.74, 6) is 1.13. The Kier molecular flexibility index (Phi) is 3.37. The lowest BCUT2D eigenvalue weighted by molar-refractivity contribution is -0.149. The van der Waals surface area contributed by atoms with Gasteiger partial charge in [0.25, 0.3) is 0 Å². The van der Waals surface area contributed by atoms with E-state index in [9.17, 15) is 20.1 Å². The van der Waals surface area contributed by atoms with E-state index in [1.165, 1.54) is 0 Å². The minimum atomic E-state index is -0.928. The topological polar surface area (TPSA) is 77.8 Å². The van der Waals surface area contributed by atoms with Crippen molar-refractivity contribution in [1.29, 1.82) is 0 Å². The first-order valence-corrected chi connectivity index (χ1v) is 9.06. The van der Waals surface area contributed by atoms with Gasteiger partial charge in [0.05, 0.1) is 18.8 Å². The molecule has 128 valence electrons. The maximum Gasteiger partial charge on any atom is 0.156 e. The number of hydrogen-bond donors (Lipinski definition) is 3. The Balaban J connectivity index is 1.77. The third-order valence-electron chi connectivity index (χ3n) is 8.23. The van der Waals surface area contributed by atoms with Crippen molar-refractivity contribution in [2.75, 3.05) is 13.2 Å². The predicted molar refractivity (Wildman–Crippen MR) is 85.5 cm³/mol. The van der Waals surface area contributed by atoms with Gasteiger partial charge in [-0.05, 0) is 78.8 Å². The van der Waals surface area contributed by atoms with Gasteiger partial charge in [-0.1, -0.05) is 6.92 Å². The average Bonchev–Trinajstić information content (AvgIpc) is 2.87. The van der Waals surface area contributed by atoms with Crippen LogP contribution in [0.3, 0.4) is 0 Å². The third-order valence-corrected chi connectivity index (χ3v) is 8.23. The molecule has 6 atom stereocenters. The fourth-order valence-corrected chi connectivity index (χ4v) is 7.01. The van der Waals surface area contributed by atoms with Crippen LogP contribution in [0.5, 0.6) is 0 Å². The van der Waals surface area contributed by atoms with Gasteiger partial charge in [0.2, 0.25) is 0 Å². The van der Waals surface area contributed by atoms with E-state index in [1.807, 2.05) is 0 Å². The van der Waals surface area contributed by atoms with Gasteiger partial charge >= 0.3 is 0 Å². The highest BCUT2D eigenvalue weighted by Crippen LogP contribution is 2.73. The molecule has 0 aromatic rings. The number of allylic oxidation sites excluding steroid dienone is 1. The molecule has 3 saturated carbocycles. The van der Waals surface area contributed by atoms with E-state index < -0.39 is 5.60 Å². The Hall–Kier alpha value is -0.710. The van der Waals surface area contributed by atoms with Gasteiger partial charge in [-0.15, -0.1) is 0 Å². The van der Waals surface area contributed by atoms with E-state index in [2.05, 4.69) is 6.92 Å². The Morgan fingerprint density at radius 2 is 2.00 bits per heavy atom. The van der Waals surface area contributed by atoms with Crippen LogP contribution in [0.4, 0.5) is 0 Å². The summed E-state index contributed by atoms with van der Waals surface area (Å²) in [5.41, 5.74) is -0.0245. The van der Waals surface area contributed by atoms with E-state index in [0.717, 1.165) is 37.7 Å². The lowest BCUT2D eigenvalue weighted by Crippen LogP contribution is -2.57. The molecule has 4 aliphatic carbocycles. The minimum absolute atomic E-state index is 0.0171. The average molecular weight is 320 g/mol. The van der Waals surface area contributed by atoms with Crippen LogP contribution in [0, 0.1) is 28.6 Å². The summed E-state index contributed by atoms with van der Waals surface area (Å²) in [6.07, 6.45) is 7.84. The Labute approximate surface area is 137 Å². The zero-order valence-corrected chi connectivity index (χ0v) is 13.9. The van der Waals surface area contributed by atoms with Gasteiger partial charge in [-0.2, -0.15) is 0 Å². The van der Waals surface area contributed by atoms with Gasteiger partial charge in [-0.25, -0.2) is 0 Å². The Morgan fingerprint density at radius 1 is 1.22 bits per heavy atom. The lowest BCUT2D eigenvalue weighted by Gasteiger charge is -2.61. The summed E-state index contributed by atoms with van der Waals surface area (Å²) in [5, 5.41) is 30.2. The maximum atomic E-state index is 12.3. The van der Waals surface area contributed by atoms with Crippen LogP contribution in [0.15, 0.2) is 11.6 Å². The Bertz CT molecular complexity index is 570. The molecule has 4 nitrogen and oxygen atoms in total. The van der Waals surface area contributed by atoms with Crippen molar-refractivity contribution in [3.8, 4) is 0 Å². The molecule has 4 rings (SSSR count). The molecule has 2 bridgehead atoms. The van der Waals surface area contributed by atoms with Crippen molar-refractivity contribution in [2.24, 2.45) is 28.6 Å². The summed E-state index contributed by atoms with van der Waals surface area (Å²) in [7, 11) is 0. The third kappa shape index (κ3) is 1.86. The van der Waals surface area contributed by atoms with Crippen molar-refractivity contribution in [1.82, 2.24) is 0 Å². The van der Waals surface area contributed by atoms with Gasteiger partial charge in [0.1, 0.15) is 0 Å². The SMILES string of the molecule is CC12CC(=O)C=C(CO)C1CCC1CC3CC12CCC3(O)CO. The highest BCUT2D eigenvalue weighted by atomic mass is 16.3. The quantitative estimate of drug-likeness (QED) is 0.725. The molecule has 0 saturated heterocycles. The second-order valence-corrected chi connectivity index (χ2v) is 8.82. The second-order valence-electron chi connectivity index (χ2n) is 8.82. The number of hydrogen-bond acceptors (Lipinski definition) is 4. The molecule has 23 heavy (non-hydrogen) atoms.